The number of likely N-dealkylation sites (tertiary alicyclic amines) is 1. The Kier molecular flexibility index (Phi) is 4.26. The Labute approximate surface area is 146 Å². The second-order valence-electron chi connectivity index (χ2n) is 6.99. The molecule has 24 heavy (non-hydrogen) atoms. The number of carbonyl (C=O) groups excluding carboxylic acids is 2. The highest BCUT2D eigenvalue weighted by atomic mass is 32.2. The zero-order valence-corrected chi connectivity index (χ0v) is 14.6. The lowest BCUT2D eigenvalue weighted by Crippen LogP contribution is -2.48. The number of thioether (sulfide) groups is 1. The first-order valence-corrected chi connectivity index (χ1v) is 9.83. The number of carbonyl (C=O) groups is 2. The van der Waals surface area contributed by atoms with Crippen LogP contribution in [0.25, 0.3) is 0 Å². The molecule has 1 spiro atoms. The highest BCUT2D eigenvalue weighted by Gasteiger charge is 2.53. The van der Waals surface area contributed by atoms with Crippen molar-refractivity contribution < 1.29 is 9.59 Å². The highest BCUT2D eigenvalue weighted by Crippen LogP contribution is 2.34. The van der Waals surface area contributed by atoms with Crippen LogP contribution in [-0.4, -0.2) is 58.0 Å². The largest absolute Gasteiger partial charge is 0.326 e. The molecular weight excluding hydrogens is 322 g/mol. The second-order valence-corrected chi connectivity index (χ2v) is 8.09. The molecule has 0 saturated carbocycles. The molecule has 3 fully saturated rings. The van der Waals surface area contributed by atoms with Gasteiger partial charge in [0.25, 0.3) is 5.91 Å². The van der Waals surface area contributed by atoms with Gasteiger partial charge in [-0.05, 0) is 37.0 Å². The zero-order valence-electron chi connectivity index (χ0n) is 13.7. The average Bonchev–Trinajstić information content (AvgIpc) is 3.28. The first-order chi connectivity index (χ1) is 11.7. The van der Waals surface area contributed by atoms with Crippen LogP contribution >= 0.6 is 11.8 Å². The summed E-state index contributed by atoms with van der Waals surface area (Å²) in [4.78, 5) is 28.9. The number of urea groups is 1. The average molecular weight is 345 g/mol. The van der Waals surface area contributed by atoms with E-state index in [4.69, 9.17) is 0 Å². The maximum absolute atomic E-state index is 12.8. The van der Waals surface area contributed by atoms with Gasteiger partial charge in [-0.2, -0.15) is 11.8 Å². The highest BCUT2D eigenvalue weighted by molar-refractivity contribution is 7.99. The molecule has 1 aromatic rings. The first kappa shape index (κ1) is 16.0. The molecule has 3 saturated heterocycles. The molecule has 1 aromatic carbocycles. The topological polar surface area (TPSA) is 52.7 Å². The quantitative estimate of drug-likeness (QED) is 0.849. The molecular formula is C18H23N3O2S. The number of hydrogen-bond acceptors (Lipinski definition) is 4. The SMILES string of the molecule is O=C1NC2(CCSC2)C(=O)N1CN1CCCC1Cc1ccccc1. The third-order valence-corrected chi connectivity index (χ3v) is 6.59. The van der Waals surface area contributed by atoms with Gasteiger partial charge in [0.05, 0.1) is 6.67 Å². The van der Waals surface area contributed by atoms with Crippen molar-refractivity contribution in [2.45, 2.75) is 37.3 Å². The van der Waals surface area contributed by atoms with Crippen LogP contribution in [-0.2, 0) is 11.2 Å². The predicted octanol–water partition coefficient (Wildman–Crippen LogP) is 2.08. The van der Waals surface area contributed by atoms with Crippen LogP contribution < -0.4 is 5.32 Å². The number of imide groups is 1. The van der Waals surface area contributed by atoms with Gasteiger partial charge in [-0.1, -0.05) is 30.3 Å². The van der Waals surface area contributed by atoms with Crippen LogP contribution in [0, 0.1) is 0 Å². The normalized spacial score (nSPS) is 30.5. The number of hydrogen-bond donors (Lipinski definition) is 1. The molecule has 0 aromatic heterocycles. The van der Waals surface area contributed by atoms with Gasteiger partial charge in [0, 0.05) is 18.3 Å². The minimum Gasteiger partial charge on any atom is -0.322 e. The summed E-state index contributed by atoms with van der Waals surface area (Å²) in [7, 11) is 0. The third kappa shape index (κ3) is 2.82. The minimum absolute atomic E-state index is 0.0251. The summed E-state index contributed by atoms with van der Waals surface area (Å²) >= 11 is 1.75. The van der Waals surface area contributed by atoms with E-state index in [9.17, 15) is 9.59 Å². The van der Waals surface area contributed by atoms with Crippen molar-refractivity contribution in [1.29, 1.82) is 0 Å². The van der Waals surface area contributed by atoms with Crippen LogP contribution in [0.3, 0.4) is 0 Å². The fraction of sp³-hybridized carbons (Fsp3) is 0.556. The van der Waals surface area contributed by atoms with Gasteiger partial charge < -0.3 is 5.32 Å². The fourth-order valence-corrected chi connectivity index (χ4v) is 5.34. The van der Waals surface area contributed by atoms with E-state index in [0.29, 0.717) is 18.5 Å². The molecule has 0 aliphatic carbocycles. The molecule has 4 rings (SSSR count). The van der Waals surface area contributed by atoms with Gasteiger partial charge in [-0.25, -0.2) is 9.69 Å². The molecule has 1 N–H and O–H groups in total. The lowest BCUT2D eigenvalue weighted by molar-refractivity contribution is -0.132. The maximum Gasteiger partial charge on any atom is 0.326 e. The Morgan fingerprint density at radius 3 is 2.83 bits per heavy atom. The lowest BCUT2D eigenvalue weighted by atomic mass is 9.99. The lowest BCUT2D eigenvalue weighted by Gasteiger charge is -2.28. The van der Waals surface area contributed by atoms with Gasteiger partial charge in [0.15, 0.2) is 0 Å². The van der Waals surface area contributed by atoms with Crippen molar-refractivity contribution in [2.75, 3.05) is 24.7 Å². The number of benzene rings is 1. The standard InChI is InChI=1S/C18H23N3O2S/c22-16-18(8-10-24-12-18)19-17(23)21(16)13-20-9-4-7-15(20)11-14-5-2-1-3-6-14/h1-3,5-6,15H,4,7-13H2,(H,19,23). The van der Waals surface area contributed by atoms with E-state index in [1.807, 2.05) is 6.07 Å². The Bertz CT molecular complexity index is 630. The third-order valence-electron chi connectivity index (χ3n) is 5.40. The van der Waals surface area contributed by atoms with E-state index in [-0.39, 0.29) is 11.9 Å². The van der Waals surface area contributed by atoms with E-state index in [2.05, 4.69) is 34.5 Å². The van der Waals surface area contributed by atoms with Crippen molar-refractivity contribution >= 4 is 23.7 Å². The monoisotopic (exact) mass is 345 g/mol. The predicted molar refractivity (Wildman–Crippen MR) is 94.8 cm³/mol. The zero-order chi connectivity index (χ0) is 16.6. The van der Waals surface area contributed by atoms with Gasteiger partial charge >= 0.3 is 6.03 Å². The summed E-state index contributed by atoms with van der Waals surface area (Å²) in [5.41, 5.74) is 0.686. The summed E-state index contributed by atoms with van der Waals surface area (Å²) in [5.74, 6) is 1.63. The number of nitrogens with one attached hydrogen (secondary N) is 1. The second kappa shape index (κ2) is 6.41. The van der Waals surface area contributed by atoms with Gasteiger partial charge in [0.1, 0.15) is 5.54 Å². The van der Waals surface area contributed by atoms with E-state index >= 15 is 0 Å². The van der Waals surface area contributed by atoms with E-state index < -0.39 is 5.54 Å². The van der Waals surface area contributed by atoms with Crippen molar-refractivity contribution in [3.05, 3.63) is 35.9 Å². The summed E-state index contributed by atoms with van der Waals surface area (Å²) < 4.78 is 0. The molecule has 5 nitrogen and oxygen atoms in total. The number of nitrogens with zero attached hydrogens (tertiary/aromatic N) is 2. The van der Waals surface area contributed by atoms with E-state index in [1.165, 1.54) is 10.5 Å². The van der Waals surface area contributed by atoms with Crippen molar-refractivity contribution in [3.63, 3.8) is 0 Å². The van der Waals surface area contributed by atoms with Crippen LogP contribution in [0.15, 0.2) is 30.3 Å². The molecule has 0 bridgehead atoms. The van der Waals surface area contributed by atoms with Gasteiger partial charge in [0.2, 0.25) is 0 Å². The number of amides is 3. The molecule has 3 heterocycles. The summed E-state index contributed by atoms with van der Waals surface area (Å²) in [6.45, 7) is 1.38. The smallest absolute Gasteiger partial charge is 0.322 e. The maximum atomic E-state index is 12.8. The van der Waals surface area contributed by atoms with Crippen molar-refractivity contribution in [3.8, 4) is 0 Å². The minimum atomic E-state index is -0.629. The summed E-state index contributed by atoms with van der Waals surface area (Å²) in [6.07, 6.45) is 3.99. The molecule has 0 radical (unpaired) electrons. The molecule has 2 unspecified atom stereocenters. The van der Waals surface area contributed by atoms with E-state index in [0.717, 1.165) is 38.0 Å². The van der Waals surface area contributed by atoms with Crippen molar-refractivity contribution in [1.82, 2.24) is 15.1 Å². The summed E-state index contributed by atoms with van der Waals surface area (Å²) in [6, 6.07) is 10.6. The Balaban J connectivity index is 1.44. The Morgan fingerprint density at radius 2 is 2.08 bits per heavy atom. The van der Waals surface area contributed by atoms with Crippen LogP contribution in [0.5, 0.6) is 0 Å². The number of rotatable bonds is 4. The van der Waals surface area contributed by atoms with Gasteiger partial charge in [-0.15, -0.1) is 0 Å². The van der Waals surface area contributed by atoms with Crippen LogP contribution in [0.2, 0.25) is 0 Å². The fourth-order valence-electron chi connectivity index (χ4n) is 4.02. The van der Waals surface area contributed by atoms with Crippen LogP contribution in [0.1, 0.15) is 24.8 Å². The molecule has 2 atom stereocenters. The van der Waals surface area contributed by atoms with E-state index in [1.54, 1.807) is 11.8 Å². The molecule has 128 valence electrons. The molecule has 3 aliphatic rings. The van der Waals surface area contributed by atoms with Crippen LogP contribution in [0.4, 0.5) is 4.79 Å². The molecule has 6 heteroatoms. The van der Waals surface area contributed by atoms with Gasteiger partial charge in [-0.3, -0.25) is 9.69 Å². The van der Waals surface area contributed by atoms with Crippen molar-refractivity contribution in [2.24, 2.45) is 0 Å². The Morgan fingerprint density at radius 1 is 1.25 bits per heavy atom. The molecule has 3 aliphatic heterocycles. The first-order valence-electron chi connectivity index (χ1n) is 8.68. The summed E-state index contributed by atoms with van der Waals surface area (Å²) in [5, 5.41) is 2.96. The molecule has 3 amide bonds. The Hall–Kier alpha value is -1.53.